The van der Waals surface area contributed by atoms with E-state index in [1.165, 1.54) is 42.0 Å². The van der Waals surface area contributed by atoms with Crippen LogP contribution < -0.4 is 0 Å². The molecular formula is C66H98N10O12. The number of hydrogen-bond acceptors (Lipinski definition) is 16. The largest absolute Gasteiger partial charge is 0.451 e. The van der Waals surface area contributed by atoms with Gasteiger partial charge in [0.2, 0.25) is 0 Å². The van der Waals surface area contributed by atoms with Crippen LogP contribution in [0.25, 0.3) is 0 Å². The van der Waals surface area contributed by atoms with Crippen LogP contribution in [0, 0.1) is 51.4 Å². The van der Waals surface area contributed by atoms with Crippen molar-refractivity contribution in [3.63, 3.8) is 0 Å². The first-order chi connectivity index (χ1) is 40.9. The van der Waals surface area contributed by atoms with E-state index in [1.807, 2.05) is 169 Å². The Morgan fingerprint density at radius 1 is 0.409 bits per heavy atom. The highest BCUT2D eigenvalue weighted by Gasteiger charge is 2.43. The summed E-state index contributed by atoms with van der Waals surface area (Å²) in [7, 11) is 5.57. The molecule has 2 aromatic heterocycles. The third-order valence-electron chi connectivity index (χ3n) is 16.4. The highest BCUT2D eigenvalue weighted by Crippen LogP contribution is 2.30. The predicted octanol–water partition coefficient (Wildman–Crippen LogP) is 7.65. The molecule has 0 spiro atoms. The van der Waals surface area contributed by atoms with Crippen LogP contribution in [0.3, 0.4) is 0 Å². The van der Waals surface area contributed by atoms with Crippen LogP contribution >= 0.6 is 0 Å². The Labute approximate surface area is 520 Å². The van der Waals surface area contributed by atoms with Crippen molar-refractivity contribution in [1.29, 1.82) is 0 Å². The van der Waals surface area contributed by atoms with E-state index >= 15 is 9.59 Å². The summed E-state index contributed by atoms with van der Waals surface area (Å²) < 4.78 is 28.1. The standard InChI is InChI=1S/C66H98N10O12/c1-37(2)31-51-61(81)85-41(9)57(77)71(19)54(34-40(7)8)64(84)88-56(36-48-25-29-50(30-26-48)66(17,18)76-46(14)68-44(12)70-76)60(80)74(22)52(32-38(3)4)62(82)86-42(10)58(78)72(20)53(33-39(5)6)63(83)87-55(59(79)73(51)21)35-47-23-27-49(28-24-47)65(15,16)75-45(13)67-43(11)69-75/h23-30,37-42,51-56H,31-36H2,1-22H3/t41-,42-,51+,52+,53+,54+,55-,56-/m1/s1. The molecule has 0 N–H and O–H groups in total. The Morgan fingerprint density at radius 2 is 0.659 bits per heavy atom. The summed E-state index contributed by atoms with van der Waals surface area (Å²) >= 11 is 0. The number of ether oxygens (including phenoxy) is 4. The van der Waals surface area contributed by atoms with Gasteiger partial charge in [-0.2, -0.15) is 10.2 Å². The molecule has 0 aliphatic carbocycles. The van der Waals surface area contributed by atoms with E-state index < -0.39 is 107 Å². The van der Waals surface area contributed by atoms with Crippen LogP contribution in [0.15, 0.2) is 48.5 Å². The normalized spacial score (nSPS) is 22.7. The number of nitrogens with zero attached hydrogens (tertiary/aromatic N) is 10. The lowest BCUT2D eigenvalue weighted by molar-refractivity contribution is -0.176. The summed E-state index contributed by atoms with van der Waals surface area (Å²) in [5.41, 5.74) is 1.66. The van der Waals surface area contributed by atoms with Crippen molar-refractivity contribution in [1.82, 2.24) is 49.1 Å². The minimum absolute atomic E-state index is 0.0686. The number of aromatic nitrogens is 6. The van der Waals surface area contributed by atoms with Crippen molar-refractivity contribution in [3.05, 3.63) is 94.1 Å². The second-order valence-corrected chi connectivity index (χ2v) is 26.5. The molecule has 3 heterocycles. The summed E-state index contributed by atoms with van der Waals surface area (Å²) in [6, 6.07) is 9.59. The molecule has 0 unspecified atom stereocenters. The molecule has 2 aromatic carbocycles. The SMILES string of the molecule is Cc1nc(C)n(C(C)(C)c2ccc(C[C@H]3OC(=O)[C@H](CC(C)C)N(C)C(=O)[C@@H](C)OC(=O)[C@H](CC(C)C)N(C)C(=O)[C@@H](Cc4ccc(C(C)(C)n5nc(C)nc5C)cc4)OC(=O)[C@H](CC(C)C)N(C)C(=O)[C@@H](C)OC(=O)[C@H](CC(C)C)N(C)C3=O)cc2)n1. The van der Waals surface area contributed by atoms with Crippen LogP contribution in [-0.2, 0) is 81.2 Å². The number of rotatable bonds is 16. The van der Waals surface area contributed by atoms with Crippen molar-refractivity contribution < 1.29 is 57.3 Å². The first kappa shape index (κ1) is 71.2. The van der Waals surface area contributed by atoms with E-state index in [-0.39, 0.29) is 62.2 Å². The van der Waals surface area contributed by atoms with Crippen molar-refractivity contribution in [2.24, 2.45) is 23.7 Å². The first-order valence-electron chi connectivity index (χ1n) is 30.8. The summed E-state index contributed by atoms with van der Waals surface area (Å²) in [5.74, 6) is -4.90. The number of cyclic esters (lactones) is 4. The van der Waals surface area contributed by atoms with Gasteiger partial charge in [-0.1, -0.05) is 104 Å². The monoisotopic (exact) mass is 1220 g/mol. The van der Waals surface area contributed by atoms with Gasteiger partial charge in [-0.25, -0.2) is 38.5 Å². The molecule has 4 aromatic rings. The second kappa shape index (κ2) is 29.7. The predicted molar refractivity (Wildman–Crippen MR) is 331 cm³/mol. The van der Waals surface area contributed by atoms with Gasteiger partial charge in [0.1, 0.15) is 47.5 Å². The van der Waals surface area contributed by atoms with Gasteiger partial charge in [0.05, 0.1) is 11.1 Å². The maximum absolute atomic E-state index is 15.2. The Morgan fingerprint density at radius 3 is 0.898 bits per heavy atom. The Balaban J connectivity index is 1.62. The average molecular weight is 1220 g/mol. The molecular weight excluding hydrogens is 1120 g/mol. The lowest BCUT2D eigenvalue weighted by atomic mass is 9.92. The van der Waals surface area contributed by atoms with E-state index in [0.717, 1.165) is 42.4 Å². The number of amides is 4. The average Bonchev–Trinajstić information content (AvgIpc) is 3.47. The fourth-order valence-electron chi connectivity index (χ4n) is 11.4. The molecule has 484 valence electrons. The number of hydrogen-bond donors (Lipinski definition) is 0. The van der Waals surface area contributed by atoms with E-state index in [4.69, 9.17) is 18.9 Å². The Bertz CT molecular complexity index is 2890. The fourth-order valence-corrected chi connectivity index (χ4v) is 11.4. The minimum Gasteiger partial charge on any atom is -0.451 e. The second-order valence-electron chi connectivity index (χ2n) is 26.5. The van der Waals surface area contributed by atoms with Gasteiger partial charge in [0, 0.05) is 41.0 Å². The van der Waals surface area contributed by atoms with E-state index in [0.29, 0.717) is 22.8 Å². The summed E-state index contributed by atoms with van der Waals surface area (Å²) in [6.45, 7) is 32.9. The molecule has 22 heteroatoms. The number of likely N-dealkylation sites (N-methyl/N-ethyl adjacent to an activating group) is 4. The van der Waals surface area contributed by atoms with Gasteiger partial charge in [-0.05, 0) is 141 Å². The molecule has 8 atom stereocenters. The van der Waals surface area contributed by atoms with Crippen LogP contribution in [0.4, 0.5) is 0 Å². The molecule has 22 nitrogen and oxygen atoms in total. The van der Waals surface area contributed by atoms with Crippen LogP contribution in [-0.4, -0.2) is 173 Å². The molecule has 0 bridgehead atoms. The third kappa shape index (κ3) is 17.4. The third-order valence-corrected chi connectivity index (χ3v) is 16.4. The van der Waals surface area contributed by atoms with Crippen molar-refractivity contribution in [3.8, 4) is 0 Å². The zero-order valence-electron chi connectivity index (χ0n) is 56.2. The molecule has 0 saturated carbocycles. The number of carbonyl (C=O) groups is 8. The summed E-state index contributed by atoms with van der Waals surface area (Å²) in [4.78, 5) is 132. The molecule has 4 amide bonds. The van der Waals surface area contributed by atoms with Gasteiger partial charge < -0.3 is 38.5 Å². The first-order valence-corrected chi connectivity index (χ1v) is 30.8. The van der Waals surface area contributed by atoms with Gasteiger partial charge >= 0.3 is 23.9 Å². The fraction of sp³-hybridized carbons (Fsp3) is 0.636. The zero-order valence-corrected chi connectivity index (χ0v) is 56.2. The molecule has 1 fully saturated rings. The maximum Gasteiger partial charge on any atom is 0.329 e. The Kier molecular flexibility index (Phi) is 24.0. The number of esters is 4. The smallest absolute Gasteiger partial charge is 0.329 e. The Hall–Kier alpha value is -7.52. The van der Waals surface area contributed by atoms with E-state index in [1.54, 1.807) is 0 Å². The minimum atomic E-state index is -1.56. The van der Waals surface area contributed by atoms with Gasteiger partial charge in [0.15, 0.2) is 24.4 Å². The van der Waals surface area contributed by atoms with Crippen molar-refractivity contribution in [2.45, 2.75) is 223 Å². The maximum atomic E-state index is 15.2. The molecule has 1 aliphatic rings. The summed E-state index contributed by atoms with van der Waals surface area (Å²) in [5, 5.41) is 9.23. The molecule has 5 rings (SSSR count). The lowest BCUT2D eigenvalue weighted by Crippen LogP contribution is -2.55. The summed E-state index contributed by atoms with van der Waals surface area (Å²) in [6.07, 6.45) is -6.18. The quantitative estimate of drug-likeness (QED) is 0.0772. The molecule has 1 aliphatic heterocycles. The number of carbonyl (C=O) groups excluding carboxylic acids is 8. The van der Waals surface area contributed by atoms with Gasteiger partial charge in [0.25, 0.3) is 23.6 Å². The van der Waals surface area contributed by atoms with E-state index in [2.05, 4.69) is 20.2 Å². The highest BCUT2D eigenvalue weighted by molar-refractivity contribution is 5.94. The van der Waals surface area contributed by atoms with Crippen LogP contribution in [0.1, 0.15) is 168 Å². The zero-order chi connectivity index (χ0) is 66.2. The van der Waals surface area contributed by atoms with Crippen molar-refractivity contribution in [2.75, 3.05) is 28.2 Å². The number of benzene rings is 2. The van der Waals surface area contributed by atoms with Crippen LogP contribution in [0.2, 0.25) is 0 Å². The topological polar surface area (TPSA) is 248 Å². The van der Waals surface area contributed by atoms with Crippen molar-refractivity contribution >= 4 is 47.5 Å². The lowest BCUT2D eigenvalue weighted by Gasteiger charge is -2.35. The molecule has 1 saturated heterocycles. The van der Waals surface area contributed by atoms with Crippen LogP contribution in [0.5, 0.6) is 0 Å². The molecule has 0 radical (unpaired) electrons. The van der Waals surface area contributed by atoms with E-state index in [9.17, 15) is 28.8 Å². The van der Waals surface area contributed by atoms with Gasteiger partial charge in [-0.3, -0.25) is 19.2 Å². The number of aryl methyl sites for hydroxylation is 4. The highest BCUT2D eigenvalue weighted by atomic mass is 16.6. The van der Waals surface area contributed by atoms with Gasteiger partial charge in [-0.15, -0.1) is 0 Å². The molecule has 88 heavy (non-hydrogen) atoms.